The maximum absolute atomic E-state index is 11.7. The van der Waals surface area contributed by atoms with Crippen LogP contribution in [0.15, 0.2) is 48.5 Å². The van der Waals surface area contributed by atoms with Crippen LogP contribution in [-0.4, -0.2) is 27.2 Å². The van der Waals surface area contributed by atoms with Gasteiger partial charge in [-0.05, 0) is 97.7 Å². The minimum absolute atomic E-state index is 0.190. The molecule has 3 aromatic rings. The molecule has 0 atom stereocenters. The van der Waals surface area contributed by atoms with Crippen LogP contribution in [0.4, 0.5) is 5.69 Å². The van der Waals surface area contributed by atoms with Crippen molar-refractivity contribution in [1.29, 1.82) is 0 Å². The van der Waals surface area contributed by atoms with Crippen LogP contribution >= 0.6 is 0 Å². The summed E-state index contributed by atoms with van der Waals surface area (Å²) < 4.78 is 6.25. The lowest BCUT2D eigenvalue weighted by Crippen LogP contribution is -2.22. The highest BCUT2D eigenvalue weighted by atomic mass is 16.5. The lowest BCUT2D eigenvalue weighted by atomic mass is 10.0. The molecule has 4 N–H and O–H groups in total. The largest absolute Gasteiger partial charge is 0.508 e. The van der Waals surface area contributed by atoms with Crippen molar-refractivity contribution >= 4 is 17.6 Å². The molecule has 0 spiro atoms. The van der Waals surface area contributed by atoms with Gasteiger partial charge in [0.1, 0.15) is 23.0 Å². The number of carbonyl (C=O) groups is 2. The van der Waals surface area contributed by atoms with E-state index in [1.807, 2.05) is 25.1 Å². The van der Waals surface area contributed by atoms with E-state index in [1.165, 1.54) is 0 Å². The normalized spacial score (nSPS) is 12.3. The summed E-state index contributed by atoms with van der Waals surface area (Å²) in [5, 5.41) is 31.1. The van der Waals surface area contributed by atoms with Crippen molar-refractivity contribution in [2.75, 3.05) is 5.32 Å². The number of carboxylic acid groups (broad SMARTS) is 1. The highest BCUT2D eigenvalue weighted by molar-refractivity contribution is 6.36. The number of hydrogen-bond donors (Lipinski definition) is 4. The number of fused-ring (bicyclic) bond motifs is 1. The molecule has 4 rings (SSSR count). The van der Waals surface area contributed by atoms with Crippen LogP contribution in [-0.2, 0) is 35.3 Å². The predicted octanol–water partition coefficient (Wildman–Crippen LogP) is 4.50. The van der Waals surface area contributed by atoms with E-state index < -0.39 is 11.9 Å². The van der Waals surface area contributed by atoms with Gasteiger partial charge < -0.3 is 25.4 Å². The van der Waals surface area contributed by atoms with Gasteiger partial charge in [0.25, 0.3) is 0 Å². The van der Waals surface area contributed by atoms with E-state index >= 15 is 0 Å². The Labute approximate surface area is 191 Å². The first-order chi connectivity index (χ1) is 15.8. The van der Waals surface area contributed by atoms with E-state index in [0.29, 0.717) is 30.0 Å². The van der Waals surface area contributed by atoms with Gasteiger partial charge in [0.2, 0.25) is 0 Å². The number of hydrogen-bond acceptors (Lipinski definition) is 5. The van der Waals surface area contributed by atoms with Crippen molar-refractivity contribution in [2.45, 2.75) is 39.0 Å². The van der Waals surface area contributed by atoms with E-state index in [1.54, 1.807) is 30.3 Å². The molecule has 0 radical (unpaired) electrons. The van der Waals surface area contributed by atoms with E-state index in [0.717, 1.165) is 47.1 Å². The van der Waals surface area contributed by atoms with Gasteiger partial charge in [-0.2, -0.15) is 0 Å². The van der Waals surface area contributed by atoms with Crippen molar-refractivity contribution in [3.63, 3.8) is 0 Å². The van der Waals surface area contributed by atoms with Crippen LogP contribution in [0.25, 0.3) is 0 Å². The predicted molar refractivity (Wildman–Crippen MR) is 123 cm³/mol. The first-order valence-electron chi connectivity index (χ1n) is 10.8. The van der Waals surface area contributed by atoms with E-state index in [-0.39, 0.29) is 11.5 Å². The third kappa shape index (κ3) is 4.92. The Morgan fingerprint density at radius 3 is 2.42 bits per heavy atom. The molecular formula is C26H25NO6. The van der Waals surface area contributed by atoms with Gasteiger partial charge in [-0.25, -0.2) is 4.79 Å². The summed E-state index contributed by atoms with van der Waals surface area (Å²) in [6.45, 7) is 1.86. The summed E-state index contributed by atoms with van der Waals surface area (Å²) in [6.07, 6.45) is 3.69. The second kappa shape index (κ2) is 9.24. The number of carbonyl (C=O) groups excluding carboxylic acids is 1. The minimum atomic E-state index is -1.52. The highest BCUT2D eigenvalue weighted by Crippen LogP contribution is 2.41. The fraction of sp³-hybridized carbons (Fsp3) is 0.231. The van der Waals surface area contributed by atoms with Crippen molar-refractivity contribution < 1.29 is 29.6 Å². The SMILES string of the molecule is Cc1cc(NC(=O)C(=O)O)c2c(c1Oc1ccc(O)c(CCc3ccc(O)cc3)c1)CCC2. The lowest BCUT2D eigenvalue weighted by molar-refractivity contribution is -0.147. The van der Waals surface area contributed by atoms with Crippen LogP contribution in [0.5, 0.6) is 23.0 Å². The van der Waals surface area contributed by atoms with Crippen molar-refractivity contribution in [3.05, 3.63) is 76.3 Å². The minimum Gasteiger partial charge on any atom is -0.508 e. The van der Waals surface area contributed by atoms with E-state index in [4.69, 9.17) is 9.84 Å². The summed E-state index contributed by atoms with van der Waals surface area (Å²) in [5.41, 5.74) is 4.97. The van der Waals surface area contributed by atoms with Gasteiger partial charge in [-0.15, -0.1) is 0 Å². The zero-order chi connectivity index (χ0) is 23.5. The quantitative estimate of drug-likeness (QED) is 0.414. The third-order valence-corrected chi connectivity index (χ3v) is 5.87. The van der Waals surface area contributed by atoms with Crippen molar-refractivity contribution in [2.24, 2.45) is 0 Å². The fourth-order valence-electron chi connectivity index (χ4n) is 4.21. The average Bonchev–Trinajstić information content (AvgIpc) is 3.27. The average molecular weight is 447 g/mol. The number of aliphatic carboxylic acids is 1. The van der Waals surface area contributed by atoms with Gasteiger partial charge in [0.15, 0.2) is 0 Å². The van der Waals surface area contributed by atoms with Gasteiger partial charge in [0, 0.05) is 11.3 Å². The monoisotopic (exact) mass is 447 g/mol. The van der Waals surface area contributed by atoms with E-state index in [2.05, 4.69) is 5.32 Å². The first-order valence-corrected chi connectivity index (χ1v) is 10.8. The number of aromatic hydroxyl groups is 2. The van der Waals surface area contributed by atoms with Gasteiger partial charge in [-0.1, -0.05) is 12.1 Å². The second-order valence-corrected chi connectivity index (χ2v) is 8.20. The molecule has 3 aromatic carbocycles. The van der Waals surface area contributed by atoms with Crippen LogP contribution in [0, 0.1) is 6.92 Å². The molecule has 7 nitrogen and oxygen atoms in total. The lowest BCUT2D eigenvalue weighted by Gasteiger charge is -2.18. The molecule has 0 unspecified atom stereocenters. The number of aryl methyl sites for hydroxylation is 3. The van der Waals surface area contributed by atoms with Crippen LogP contribution in [0.3, 0.4) is 0 Å². The van der Waals surface area contributed by atoms with E-state index in [9.17, 15) is 19.8 Å². The highest BCUT2D eigenvalue weighted by Gasteiger charge is 2.24. The standard InChI is InChI=1S/C26H25NO6/c1-15-13-22(27-25(30)26(31)32)20-3-2-4-21(20)24(15)33-19-11-12-23(29)17(14-19)8-5-16-6-9-18(28)10-7-16/h6-7,9-14,28-29H,2-5,8H2,1H3,(H,27,30)(H,31,32). The van der Waals surface area contributed by atoms with Gasteiger partial charge >= 0.3 is 11.9 Å². The number of nitrogens with one attached hydrogen (secondary N) is 1. The number of rotatable bonds is 6. The number of phenolic OH excluding ortho intramolecular Hbond substituents is 2. The Hall–Kier alpha value is -4.00. The Balaban J connectivity index is 1.57. The summed E-state index contributed by atoms with van der Waals surface area (Å²) in [4.78, 5) is 22.6. The molecule has 0 heterocycles. The Morgan fingerprint density at radius 1 is 0.970 bits per heavy atom. The summed E-state index contributed by atoms with van der Waals surface area (Å²) in [5.74, 6) is -0.889. The first kappa shape index (κ1) is 22.2. The number of phenols is 2. The van der Waals surface area contributed by atoms with Gasteiger partial charge in [-0.3, -0.25) is 4.79 Å². The Bertz CT molecular complexity index is 1220. The molecule has 1 aliphatic carbocycles. The Kier molecular flexibility index (Phi) is 6.22. The molecule has 0 aromatic heterocycles. The zero-order valence-electron chi connectivity index (χ0n) is 18.2. The number of amides is 1. The molecular weight excluding hydrogens is 422 g/mol. The molecule has 1 aliphatic rings. The van der Waals surface area contributed by atoms with Crippen molar-refractivity contribution in [3.8, 4) is 23.0 Å². The number of ether oxygens (including phenoxy) is 1. The maximum Gasteiger partial charge on any atom is 0.394 e. The molecule has 7 heteroatoms. The zero-order valence-corrected chi connectivity index (χ0v) is 18.2. The number of carboxylic acids is 1. The topological polar surface area (TPSA) is 116 Å². The van der Waals surface area contributed by atoms with Crippen molar-refractivity contribution in [1.82, 2.24) is 0 Å². The molecule has 0 saturated carbocycles. The molecule has 0 fully saturated rings. The van der Waals surface area contributed by atoms with Crippen LogP contribution in [0.1, 0.15) is 34.2 Å². The number of benzene rings is 3. The second-order valence-electron chi connectivity index (χ2n) is 8.20. The molecule has 33 heavy (non-hydrogen) atoms. The molecule has 0 saturated heterocycles. The van der Waals surface area contributed by atoms with Crippen LogP contribution < -0.4 is 10.1 Å². The number of anilines is 1. The summed E-state index contributed by atoms with van der Waals surface area (Å²) >= 11 is 0. The van der Waals surface area contributed by atoms with Crippen LogP contribution in [0.2, 0.25) is 0 Å². The fourth-order valence-corrected chi connectivity index (χ4v) is 4.21. The summed E-state index contributed by atoms with van der Waals surface area (Å²) in [7, 11) is 0. The maximum atomic E-state index is 11.7. The third-order valence-electron chi connectivity index (χ3n) is 5.87. The molecule has 1 amide bonds. The molecule has 0 aliphatic heterocycles. The molecule has 0 bridgehead atoms. The van der Waals surface area contributed by atoms with Gasteiger partial charge in [0.05, 0.1) is 0 Å². The smallest absolute Gasteiger partial charge is 0.394 e. The summed E-state index contributed by atoms with van der Waals surface area (Å²) in [6, 6.07) is 13.9. The Morgan fingerprint density at radius 2 is 1.70 bits per heavy atom. The molecule has 170 valence electrons.